The van der Waals surface area contributed by atoms with Gasteiger partial charge in [0.15, 0.2) is 0 Å². The Balaban J connectivity index is 2.36. The fraction of sp³-hybridized carbons (Fsp3) is 0.750. The lowest BCUT2D eigenvalue weighted by Crippen LogP contribution is -2.54. The van der Waals surface area contributed by atoms with E-state index >= 15 is 0 Å². The number of morpholine rings is 1. The molecule has 3 N–H and O–H groups in total. The highest BCUT2D eigenvalue weighted by atomic mass is 16.5. The molecule has 1 rings (SSSR count). The predicted molar refractivity (Wildman–Crippen MR) is 70.3 cm³/mol. The molecule has 0 spiro atoms. The number of carboxylic acid groups (broad SMARTS) is 1. The molecule has 0 bridgehead atoms. The highest BCUT2D eigenvalue weighted by molar-refractivity contribution is 5.95. The van der Waals surface area contributed by atoms with Crippen molar-refractivity contribution in [1.82, 2.24) is 15.5 Å². The number of aliphatic carboxylic acids is 1. The zero-order valence-corrected chi connectivity index (χ0v) is 11.6. The van der Waals surface area contributed by atoms with E-state index in [4.69, 9.17) is 9.84 Å². The lowest BCUT2D eigenvalue weighted by Gasteiger charge is -2.31. The van der Waals surface area contributed by atoms with Crippen molar-refractivity contribution in [3.8, 4) is 0 Å². The van der Waals surface area contributed by atoms with E-state index in [-0.39, 0.29) is 13.2 Å². The molecule has 8 nitrogen and oxygen atoms in total. The molecule has 0 aromatic heterocycles. The summed E-state index contributed by atoms with van der Waals surface area (Å²) >= 11 is 0. The van der Waals surface area contributed by atoms with Crippen molar-refractivity contribution in [3.05, 3.63) is 0 Å². The number of carboxylic acids is 1. The van der Waals surface area contributed by atoms with Gasteiger partial charge in [0, 0.05) is 13.1 Å². The summed E-state index contributed by atoms with van der Waals surface area (Å²) in [6.45, 7) is 3.13. The molecule has 0 aromatic carbocycles. The van der Waals surface area contributed by atoms with Gasteiger partial charge in [0.2, 0.25) is 5.91 Å². The fourth-order valence-corrected chi connectivity index (χ4v) is 1.83. The van der Waals surface area contributed by atoms with E-state index in [2.05, 4.69) is 10.6 Å². The Bertz CT molecular complexity index is 361. The average Bonchev–Trinajstić information content (AvgIpc) is 2.39. The summed E-state index contributed by atoms with van der Waals surface area (Å²) in [7, 11) is 0. The highest BCUT2D eigenvalue weighted by Gasteiger charge is 2.30. The van der Waals surface area contributed by atoms with Crippen LogP contribution in [0.1, 0.15) is 19.8 Å². The monoisotopic (exact) mass is 287 g/mol. The number of imide groups is 1. The van der Waals surface area contributed by atoms with Gasteiger partial charge in [-0.3, -0.25) is 19.8 Å². The van der Waals surface area contributed by atoms with Crippen molar-refractivity contribution in [1.29, 1.82) is 0 Å². The second-order valence-corrected chi connectivity index (χ2v) is 4.56. The molecule has 1 saturated heterocycles. The quantitative estimate of drug-likeness (QED) is 0.563. The Morgan fingerprint density at radius 1 is 1.40 bits per heavy atom. The Labute approximate surface area is 117 Å². The maximum atomic E-state index is 11.7. The predicted octanol–water partition coefficient (Wildman–Crippen LogP) is -0.602. The minimum Gasteiger partial charge on any atom is -0.480 e. The molecular formula is C12H21N3O5. The molecular weight excluding hydrogens is 266 g/mol. The van der Waals surface area contributed by atoms with Crippen LogP contribution >= 0.6 is 0 Å². The smallest absolute Gasteiger partial charge is 0.323 e. The average molecular weight is 287 g/mol. The molecule has 1 atom stereocenters. The lowest BCUT2D eigenvalue weighted by atomic mass is 10.2. The third-order valence-electron chi connectivity index (χ3n) is 2.94. The third kappa shape index (κ3) is 5.54. The number of hydrogen-bond acceptors (Lipinski definition) is 5. The summed E-state index contributed by atoms with van der Waals surface area (Å²) in [6, 6.07) is -1.40. The Morgan fingerprint density at radius 2 is 2.15 bits per heavy atom. The Morgan fingerprint density at radius 3 is 2.80 bits per heavy atom. The van der Waals surface area contributed by atoms with Crippen LogP contribution in [0.2, 0.25) is 0 Å². The van der Waals surface area contributed by atoms with E-state index < -0.39 is 23.9 Å². The van der Waals surface area contributed by atoms with Crippen LogP contribution in [-0.4, -0.2) is 66.8 Å². The normalized spacial score (nSPS) is 19.4. The number of nitrogens with one attached hydrogen (secondary N) is 2. The molecule has 0 radical (unpaired) electrons. The van der Waals surface area contributed by atoms with E-state index in [0.29, 0.717) is 19.7 Å². The van der Waals surface area contributed by atoms with Gasteiger partial charge in [-0.1, -0.05) is 13.3 Å². The molecule has 1 fully saturated rings. The molecule has 8 heteroatoms. The number of nitrogens with zero attached hydrogens (tertiary/aromatic N) is 1. The van der Waals surface area contributed by atoms with E-state index in [1.807, 2.05) is 6.92 Å². The maximum Gasteiger partial charge on any atom is 0.323 e. The van der Waals surface area contributed by atoms with Crippen LogP contribution in [0.5, 0.6) is 0 Å². The van der Waals surface area contributed by atoms with Crippen molar-refractivity contribution in [2.24, 2.45) is 0 Å². The standard InChI is InChI=1S/C12H21N3O5/c1-2-3-4-13-12(19)14-10(16)7-15-5-6-20-8-9(15)11(17)18/h9H,2-8H2,1H3,(H,17,18)(H2,13,14,16,19). The van der Waals surface area contributed by atoms with Crippen LogP contribution in [-0.2, 0) is 14.3 Å². The number of amides is 3. The number of carbonyl (C=O) groups excluding carboxylic acids is 2. The maximum absolute atomic E-state index is 11.7. The van der Waals surface area contributed by atoms with E-state index in [1.165, 1.54) is 4.90 Å². The van der Waals surface area contributed by atoms with Gasteiger partial charge >= 0.3 is 12.0 Å². The molecule has 3 amide bonds. The summed E-state index contributed by atoms with van der Waals surface area (Å²) in [5.41, 5.74) is 0. The first-order valence-electron chi connectivity index (χ1n) is 6.67. The van der Waals surface area contributed by atoms with E-state index in [1.54, 1.807) is 0 Å². The van der Waals surface area contributed by atoms with Crippen LogP contribution in [0.15, 0.2) is 0 Å². The molecule has 0 saturated carbocycles. The van der Waals surface area contributed by atoms with Gasteiger partial charge in [0.05, 0.1) is 19.8 Å². The second-order valence-electron chi connectivity index (χ2n) is 4.56. The molecule has 0 aromatic rings. The van der Waals surface area contributed by atoms with Crippen LogP contribution < -0.4 is 10.6 Å². The summed E-state index contributed by atoms with van der Waals surface area (Å²) < 4.78 is 5.07. The largest absolute Gasteiger partial charge is 0.480 e. The fourth-order valence-electron chi connectivity index (χ4n) is 1.83. The van der Waals surface area contributed by atoms with Crippen LogP contribution in [0.25, 0.3) is 0 Å². The Kier molecular flexibility index (Phi) is 6.96. The van der Waals surface area contributed by atoms with Gasteiger partial charge in [-0.2, -0.15) is 0 Å². The zero-order chi connectivity index (χ0) is 15.0. The minimum atomic E-state index is -1.04. The van der Waals surface area contributed by atoms with Gasteiger partial charge < -0.3 is 15.2 Å². The molecule has 1 aliphatic rings. The SMILES string of the molecule is CCCCNC(=O)NC(=O)CN1CCOCC1C(=O)O. The van der Waals surface area contributed by atoms with Crippen molar-refractivity contribution in [2.45, 2.75) is 25.8 Å². The minimum absolute atomic E-state index is 0.0469. The van der Waals surface area contributed by atoms with Crippen molar-refractivity contribution >= 4 is 17.9 Å². The van der Waals surface area contributed by atoms with Crippen LogP contribution in [0, 0.1) is 0 Å². The van der Waals surface area contributed by atoms with Gasteiger partial charge in [0.25, 0.3) is 0 Å². The molecule has 20 heavy (non-hydrogen) atoms. The van der Waals surface area contributed by atoms with Crippen molar-refractivity contribution in [2.75, 3.05) is 32.8 Å². The highest BCUT2D eigenvalue weighted by Crippen LogP contribution is 2.06. The summed E-state index contributed by atoms with van der Waals surface area (Å²) in [5, 5.41) is 13.8. The van der Waals surface area contributed by atoms with Gasteiger partial charge in [0.1, 0.15) is 6.04 Å². The molecule has 1 heterocycles. The zero-order valence-electron chi connectivity index (χ0n) is 11.6. The van der Waals surface area contributed by atoms with Gasteiger partial charge in [-0.15, -0.1) is 0 Å². The first-order valence-corrected chi connectivity index (χ1v) is 6.67. The summed E-state index contributed by atoms with van der Waals surface area (Å²) in [4.78, 5) is 35.6. The second kappa shape index (κ2) is 8.49. The number of unbranched alkanes of at least 4 members (excludes halogenated alkanes) is 1. The first kappa shape index (κ1) is 16.4. The van der Waals surface area contributed by atoms with Crippen molar-refractivity contribution < 1.29 is 24.2 Å². The van der Waals surface area contributed by atoms with Crippen LogP contribution in [0.3, 0.4) is 0 Å². The van der Waals surface area contributed by atoms with Crippen LogP contribution in [0.4, 0.5) is 4.79 Å². The number of ether oxygens (including phenoxy) is 1. The topological polar surface area (TPSA) is 108 Å². The summed E-state index contributed by atoms with van der Waals surface area (Å²) in [5.74, 6) is -1.56. The van der Waals surface area contributed by atoms with E-state index in [0.717, 1.165) is 12.8 Å². The van der Waals surface area contributed by atoms with E-state index in [9.17, 15) is 14.4 Å². The molecule has 114 valence electrons. The van der Waals surface area contributed by atoms with Gasteiger partial charge in [-0.25, -0.2) is 4.79 Å². The number of hydrogen-bond donors (Lipinski definition) is 3. The molecule has 1 unspecified atom stereocenters. The first-order chi connectivity index (χ1) is 9.54. The third-order valence-corrected chi connectivity index (χ3v) is 2.94. The number of rotatable bonds is 6. The van der Waals surface area contributed by atoms with Gasteiger partial charge in [-0.05, 0) is 6.42 Å². The number of carbonyl (C=O) groups is 3. The molecule has 1 aliphatic heterocycles. The molecule has 0 aliphatic carbocycles. The Hall–Kier alpha value is -1.67. The lowest BCUT2D eigenvalue weighted by molar-refractivity contribution is -0.150. The summed E-state index contributed by atoms with van der Waals surface area (Å²) in [6.07, 6.45) is 1.79. The number of urea groups is 1. The van der Waals surface area contributed by atoms with Crippen molar-refractivity contribution in [3.63, 3.8) is 0 Å².